The fourth-order valence-electron chi connectivity index (χ4n) is 2.42. The summed E-state index contributed by atoms with van der Waals surface area (Å²) in [4.78, 5) is 0. The smallest absolute Gasteiger partial charge is 0.0517 e. The van der Waals surface area contributed by atoms with E-state index in [1.807, 2.05) is 6.92 Å². The van der Waals surface area contributed by atoms with Crippen LogP contribution in [-0.2, 0) is 0 Å². The predicted octanol–water partition coefficient (Wildman–Crippen LogP) is 2.32. The third kappa shape index (κ3) is 4.43. The third-order valence-electron chi connectivity index (χ3n) is 3.07. The molecule has 2 nitrogen and oxygen atoms in total. The highest BCUT2D eigenvalue weighted by molar-refractivity contribution is 4.79. The Kier molecular flexibility index (Phi) is 4.39. The highest BCUT2D eigenvalue weighted by Gasteiger charge is 2.22. The minimum Gasteiger partial charge on any atom is -0.393 e. The maximum absolute atomic E-state index is 9.35. The molecule has 0 aromatic heterocycles. The number of aliphatic hydroxyl groups is 1. The number of nitrogens with one attached hydrogen (secondary N) is 1. The topological polar surface area (TPSA) is 32.3 Å². The summed E-state index contributed by atoms with van der Waals surface area (Å²) in [6.07, 6.45) is 6.14. The first-order valence-corrected chi connectivity index (χ1v) is 5.91. The monoisotopic (exact) mass is 199 g/mol. The van der Waals surface area contributed by atoms with Crippen molar-refractivity contribution < 1.29 is 5.11 Å². The molecular formula is C12H25NO. The van der Waals surface area contributed by atoms with Gasteiger partial charge in [0.2, 0.25) is 0 Å². The summed E-state index contributed by atoms with van der Waals surface area (Å²) in [6, 6.07) is 0.739. The predicted molar refractivity (Wildman–Crippen MR) is 60.3 cm³/mol. The molecule has 2 N–H and O–H groups in total. The maximum atomic E-state index is 9.35. The van der Waals surface area contributed by atoms with Crippen molar-refractivity contribution in [3.8, 4) is 0 Å². The molecule has 1 atom stereocenters. The Morgan fingerprint density at radius 2 is 1.93 bits per heavy atom. The highest BCUT2D eigenvalue weighted by atomic mass is 16.3. The quantitative estimate of drug-likeness (QED) is 0.712. The summed E-state index contributed by atoms with van der Waals surface area (Å²) in [5.41, 5.74) is 0.219. The Bertz CT molecular complexity index is 160. The molecule has 14 heavy (non-hydrogen) atoms. The molecule has 1 rings (SSSR count). The lowest BCUT2D eigenvalue weighted by Gasteiger charge is -2.28. The van der Waals surface area contributed by atoms with E-state index in [4.69, 9.17) is 0 Å². The molecule has 0 saturated heterocycles. The number of rotatable bonds is 5. The van der Waals surface area contributed by atoms with E-state index < -0.39 is 0 Å². The van der Waals surface area contributed by atoms with E-state index >= 15 is 0 Å². The van der Waals surface area contributed by atoms with Crippen LogP contribution in [0.2, 0.25) is 0 Å². The van der Waals surface area contributed by atoms with Gasteiger partial charge in [-0.15, -0.1) is 0 Å². The molecule has 2 heteroatoms. The fraction of sp³-hybridized carbons (Fsp3) is 1.00. The van der Waals surface area contributed by atoms with Gasteiger partial charge < -0.3 is 10.4 Å². The first kappa shape index (κ1) is 12.0. The Balaban J connectivity index is 2.20. The number of aliphatic hydroxyl groups excluding tert-OH is 1. The lowest BCUT2D eigenvalue weighted by Crippen LogP contribution is -2.37. The molecule has 0 aromatic rings. The van der Waals surface area contributed by atoms with Gasteiger partial charge in [0.25, 0.3) is 0 Å². The average molecular weight is 199 g/mol. The molecule has 1 unspecified atom stereocenters. The van der Waals surface area contributed by atoms with Crippen LogP contribution in [0.5, 0.6) is 0 Å². The normalized spacial score (nSPS) is 21.4. The van der Waals surface area contributed by atoms with Crippen molar-refractivity contribution in [2.45, 2.75) is 65.0 Å². The molecule has 0 spiro atoms. The van der Waals surface area contributed by atoms with Gasteiger partial charge in [0.15, 0.2) is 0 Å². The molecule has 1 aliphatic rings. The van der Waals surface area contributed by atoms with E-state index in [2.05, 4.69) is 19.2 Å². The number of hydrogen-bond acceptors (Lipinski definition) is 2. The first-order valence-electron chi connectivity index (χ1n) is 5.91. The highest BCUT2D eigenvalue weighted by Crippen LogP contribution is 2.23. The van der Waals surface area contributed by atoms with Crippen LogP contribution >= 0.6 is 0 Å². The summed E-state index contributed by atoms with van der Waals surface area (Å²) in [7, 11) is 0. The van der Waals surface area contributed by atoms with Crippen LogP contribution in [0.4, 0.5) is 0 Å². The zero-order valence-corrected chi connectivity index (χ0v) is 9.84. The van der Waals surface area contributed by atoms with Crippen LogP contribution in [0, 0.1) is 5.41 Å². The molecule has 0 bridgehead atoms. The molecule has 1 saturated carbocycles. The van der Waals surface area contributed by atoms with Gasteiger partial charge in [-0.2, -0.15) is 0 Å². The van der Waals surface area contributed by atoms with E-state index in [0.717, 1.165) is 19.0 Å². The second kappa shape index (κ2) is 5.13. The second-order valence-electron chi connectivity index (χ2n) is 5.58. The molecule has 0 amide bonds. The second-order valence-corrected chi connectivity index (χ2v) is 5.58. The van der Waals surface area contributed by atoms with Crippen LogP contribution < -0.4 is 5.32 Å². The van der Waals surface area contributed by atoms with Crippen molar-refractivity contribution in [2.75, 3.05) is 6.54 Å². The van der Waals surface area contributed by atoms with E-state index in [9.17, 15) is 5.11 Å². The largest absolute Gasteiger partial charge is 0.393 e. The molecule has 1 aliphatic carbocycles. The van der Waals surface area contributed by atoms with Crippen LogP contribution in [0.1, 0.15) is 52.9 Å². The lowest BCUT2D eigenvalue weighted by molar-refractivity contribution is 0.126. The summed E-state index contributed by atoms with van der Waals surface area (Å²) in [5, 5.41) is 13.0. The van der Waals surface area contributed by atoms with Crippen LogP contribution in [0.15, 0.2) is 0 Å². The molecule has 1 fully saturated rings. The van der Waals surface area contributed by atoms with Crippen molar-refractivity contribution >= 4 is 0 Å². The van der Waals surface area contributed by atoms with E-state index in [1.165, 1.54) is 25.7 Å². The Hall–Kier alpha value is -0.0800. The van der Waals surface area contributed by atoms with Gasteiger partial charge in [0, 0.05) is 12.6 Å². The standard InChI is InChI=1S/C12H25NO/c1-10(14)8-12(2,3)9-13-11-6-4-5-7-11/h10-11,13-14H,4-9H2,1-3H3. The Morgan fingerprint density at radius 3 is 2.43 bits per heavy atom. The van der Waals surface area contributed by atoms with Gasteiger partial charge in [-0.05, 0) is 31.6 Å². The summed E-state index contributed by atoms with van der Waals surface area (Å²) in [6.45, 7) is 7.35. The van der Waals surface area contributed by atoms with Gasteiger partial charge in [-0.25, -0.2) is 0 Å². The van der Waals surface area contributed by atoms with Crippen molar-refractivity contribution in [2.24, 2.45) is 5.41 Å². The van der Waals surface area contributed by atoms with E-state index in [1.54, 1.807) is 0 Å². The zero-order valence-electron chi connectivity index (χ0n) is 9.84. The van der Waals surface area contributed by atoms with Gasteiger partial charge in [-0.1, -0.05) is 26.7 Å². The minimum absolute atomic E-state index is 0.185. The maximum Gasteiger partial charge on any atom is 0.0517 e. The third-order valence-corrected chi connectivity index (χ3v) is 3.07. The molecule has 0 heterocycles. The fourth-order valence-corrected chi connectivity index (χ4v) is 2.42. The SMILES string of the molecule is CC(O)CC(C)(C)CNC1CCCC1. The minimum atomic E-state index is -0.185. The number of hydrogen-bond donors (Lipinski definition) is 2. The van der Waals surface area contributed by atoms with Gasteiger partial charge in [0.1, 0.15) is 0 Å². The van der Waals surface area contributed by atoms with Crippen molar-refractivity contribution in [1.29, 1.82) is 0 Å². The van der Waals surface area contributed by atoms with E-state index in [0.29, 0.717) is 0 Å². The van der Waals surface area contributed by atoms with Crippen molar-refractivity contribution in [3.63, 3.8) is 0 Å². The Morgan fingerprint density at radius 1 is 1.36 bits per heavy atom. The lowest BCUT2D eigenvalue weighted by atomic mass is 9.86. The van der Waals surface area contributed by atoms with E-state index in [-0.39, 0.29) is 11.5 Å². The zero-order chi connectivity index (χ0) is 10.6. The van der Waals surface area contributed by atoms with Crippen molar-refractivity contribution in [1.82, 2.24) is 5.32 Å². The van der Waals surface area contributed by atoms with Crippen LogP contribution in [0.3, 0.4) is 0 Å². The summed E-state index contributed by atoms with van der Waals surface area (Å²) >= 11 is 0. The summed E-state index contributed by atoms with van der Waals surface area (Å²) < 4.78 is 0. The Labute approximate surface area is 88.1 Å². The molecular weight excluding hydrogens is 174 g/mol. The van der Waals surface area contributed by atoms with Crippen LogP contribution in [-0.4, -0.2) is 23.8 Å². The van der Waals surface area contributed by atoms with Gasteiger partial charge in [-0.3, -0.25) is 0 Å². The molecule has 0 radical (unpaired) electrons. The van der Waals surface area contributed by atoms with Gasteiger partial charge in [0.05, 0.1) is 6.10 Å². The molecule has 84 valence electrons. The van der Waals surface area contributed by atoms with Crippen molar-refractivity contribution in [3.05, 3.63) is 0 Å². The van der Waals surface area contributed by atoms with Crippen LogP contribution in [0.25, 0.3) is 0 Å². The summed E-state index contributed by atoms with van der Waals surface area (Å²) in [5.74, 6) is 0. The van der Waals surface area contributed by atoms with Gasteiger partial charge >= 0.3 is 0 Å². The molecule has 0 aromatic carbocycles. The first-order chi connectivity index (χ1) is 6.49. The average Bonchev–Trinajstić information content (AvgIpc) is 2.50. The molecule has 0 aliphatic heterocycles.